The molecule has 0 saturated heterocycles. The Morgan fingerprint density at radius 2 is 2.17 bits per heavy atom. The molecule has 0 saturated carbocycles. The molecule has 106 valence electrons. The summed E-state index contributed by atoms with van der Waals surface area (Å²) in [6.45, 7) is 13.5. The monoisotopic (exact) mass is 271 g/mol. The number of rotatable bonds is 7. The molecule has 1 aliphatic heterocycles. The summed E-state index contributed by atoms with van der Waals surface area (Å²) < 4.78 is 0. The van der Waals surface area contributed by atoms with Gasteiger partial charge in [-0.05, 0) is 45.3 Å². The molecule has 1 aliphatic rings. The fourth-order valence-electron chi connectivity index (χ4n) is 2.09. The summed E-state index contributed by atoms with van der Waals surface area (Å²) in [4.78, 5) is 7.07. The van der Waals surface area contributed by atoms with Crippen molar-refractivity contribution in [2.75, 3.05) is 31.9 Å². The molecule has 0 aromatic heterocycles. The maximum absolute atomic E-state index is 4.58. The minimum Gasteiger partial charge on any atom is -0.362 e. The van der Waals surface area contributed by atoms with Gasteiger partial charge in [-0.2, -0.15) is 0 Å². The van der Waals surface area contributed by atoms with Gasteiger partial charge in [-0.3, -0.25) is 4.99 Å². The van der Waals surface area contributed by atoms with Gasteiger partial charge in [0.05, 0.1) is 0 Å². The highest BCUT2D eigenvalue weighted by Gasteiger charge is 2.13. The first-order valence-electron chi connectivity index (χ1n) is 7.31. The molecule has 0 radical (unpaired) electrons. The van der Waals surface area contributed by atoms with Gasteiger partial charge in [0.2, 0.25) is 0 Å². The van der Waals surface area contributed by atoms with Crippen LogP contribution in [0.25, 0.3) is 0 Å². The van der Waals surface area contributed by atoms with Crippen LogP contribution < -0.4 is 5.32 Å². The van der Waals surface area contributed by atoms with E-state index in [9.17, 15) is 0 Å². The van der Waals surface area contributed by atoms with Crippen molar-refractivity contribution in [2.24, 2.45) is 10.9 Å². The normalized spacial score (nSPS) is 21.8. The molecule has 0 bridgehead atoms. The van der Waals surface area contributed by atoms with E-state index in [-0.39, 0.29) is 0 Å². The Morgan fingerprint density at radius 1 is 1.44 bits per heavy atom. The van der Waals surface area contributed by atoms with Crippen LogP contribution in [0.3, 0.4) is 0 Å². The number of hydrogen-bond donors (Lipinski definition) is 1. The summed E-state index contributed by atoms with van der Waals surface area (Å²) in [5.74, 6) is 1.94. The largest absolute Gasteiger partial charge is 0.362 e. The van der Waals surface area contributed by atoms with Crippen LogP contribution in [-0.2, 0) is 0 Å². The molecule has 4 heteroatoms. The van der Waals surface area contributed by atoms with Crippen molar-refractivity contribution in [3.8, 4) is 0 Å². The Hall–Kier alpha value is -0.220. The third-order valence-electron chi connectivity index (χ3n) is 3.43. The maximum Gasteiger partial charge on any atom is 0.156 e. The SMILES string of the molecule is CCN(CC)CCCC(C)NC1=NCC(C)CS1. The number of thioether (sulfide) groups is 1. The zero-order valence-corrected chi connectivity index (χ0v) is 13.2. The standard InChI is InChI=1S/C14H29N3S/c1-5-17(6-2)9-7-8-13(4)16-14-15-10-12(3)11-18-14/h12-13H,5-11H2,1-4H3,(H,15,16). The summed E-state index contributed by atoms with van der Waals surface area (Å²) in [7, 11) is 0. The highest BCUT2D eigenvalue weighted by Crippen LogP contribution is 2.16. The third-order valence-corrected chi connectivity index (χ3v) is 4.68. The van der Waals surface area contributed by atoms with Gasteiger partial charge in [-0.1, -0.05) is 32.5 Å². The lowest BCUT2D eigenvalue weighted by Crippen LogP contribution is -2.34. The summed E-state index contributed by atoms with van der Waals surface area (Å²) >= 11 is 1.88. The Balaban J connectivity index is 2.15. The van der Waals surface area contributed by atoms with E-state index in [2.05, 4.69) is 42.9 Å². The van der Waals surface area contributed by atoms with E-state index in [0.717, 1.165) is 17.6 Å². The molecule has 2 unspecified atom stereocenters. The fraction of sp³-hybridized carbons (Fsp3) is 0.929. The zero-order valence-electron chi connectivity index (χ0n) is 12.4. The number of aliphatic imine (C=N–C) groups is 1. The van der Waals surface area contributed by atoms with Crippen molar-refractivity contribution in [1.82, 2.24) is 10.2 Å². The Kier molecular flexibility index (Phi) is 7.75. The minimum atomic E-state index is 0.542. The highest BCUT2D eigenvalue weighted by atomic mass is 32.2. The molecule has 2 atom stereocenters. The van der Waals surface area contributed by atoms with Crippen LogP contribution >= 0.6 is 11.8 Å². The minimum absolute atomic E-state index is 0.542. The lowest BCUT2D eigenvalue weighted by molar-refractivity contribution is 0.293. The fourth-order valence-corrected chi connectivity index (χ4v) is 3.09. The van der Waals surface area contributed by atoms with E-state index in [1.54, 1.807) is 0 Å². The first-order valence-corrected chi connectivity index (χ1v) is 8.30. The lowest BCUT2D eigenvalue weighted by Gasteiger charge is -2.23. The third kappa shape index (κ3) is 6.10. The molecule has 0 aliphatic carbocycles. The first-order chi connectivity index (χ1) is 8.65. The molecule has 0 spiro atoms. The van der Waals surface area contributed by atoms with Gasteiger partial charge in [0, 0.05) is 18.3 Å². The van der Waals surface area contributed by atoms with E-state index < -0.39 is 0 Å². The van der Waals surface area contributed by atoms with Gasteiger partial charge >= 0.3 is 0 Å². The lowest BCUT2D eigenvalue weighted by atomic mass is 10.2. The number of amidine groups is 1. The van der Waals surface area contributed by atoms with E-state index in [1.807, 2.05) is 11.8 Å². The Bertz CT molecular complexity index is 251. The molecule has 0 aromatic carbocycles. The maximum atomic E-state index is 4.58. The van der Waals surface area contributed by atoms with Gasteiger partial charge in [0.25, 0.3) is 0 Å². The van der Waals surface area contributed by atoms with E-state index in [4.69, 9.17) is 0 Å². The molecule has 1 rings (SSSR count). The second-order valence-electron chi connectivity index (χ2n) is 5.28. The van der Waals surface area contributed by atoms with Crippen LogP contribution in [0.4, 0.5) is 0 Å². The summed E-state index contributed by atoms with van der Waals surface area (Å²) in [6, 6.07) is 0.542. The van der Waals surface area contributed by atoms with Crippen LogP contribution in [0.1, 0.15) is 40.5 Å². The average molecular weight is 271 g/mol. The van der Waals surface area contributed by atoms with Crippen molar-refractivity contribution in [3.05, 3.63) is 0 Å². The summed E-state index contributed by atoms with van der Waals surface area (Å²) in [5.41, 5.74) is 0. The second-order valence-corrected chi connectivity index (χ2v) is 6.29. The van der Waals surface area contributed by atoms with Crippen molar-refractivity contribution in [2.45, 2.75) is 46.6 Å². The molecule has 0 amide bonds. The summed E-state index contributed by atoms with van der Waals surface area (Å²) in [6.07, 6.45) is 2.50. The van der Waals surface area contributed by atoms with E-state index in [1.165, 1.54) is 38.2 Å². The molecular weight excluding hydrogens is 242 g/mol. The predicted molar refractivity (Wildman–Crippen MR) is 83.5 cm³/mol. The second kappa shape index (κ2) is 8.81. The van der Waals surface area contributed by atoms with Crippen molar-refractivity contribution in [3.63, 3.8) is 0 Å². The smallest absolute Gasteiger partial charge is 0.156 e. The molecule has 3 nitrogen and oxygen atoms in total. The molecule has 1 heterocycles. The van der Waals surface area contributed by atoms with Crippen LogP contribution in [0, 0.1) is 5.92 Å². The topological polar surface area (TPSA) is 27.6 Å². The quantitative estimate of drug-likeness (QED) is 0.771. The van der Waals surface area contributed by atoms with Crippen LogP contribution in [0.2, 0.25) is 0 Å². The molecular formula is C14H29N3S. The van der Waals surface area contributed by atoms with Crippen LogP contribution in [-0.4, -0.2) is 48.0 Å². The van der Waals surface area contributed by atoms with Gasteiger partial charge in [-0.25, -0.2) is 0 Å². The molecule has 0 aromatic rings. The van der Waals surface area contributed by atoms with Gasteiger partial charge < -0.3 is 10.2 Å². The van der Waals surface area contributed by atoms with Gasteiger partial charge in [0.1, 0.15) is 0 Å². The molecule has 18 heavy (non-hydrogen) atoms. The molecule has 1 N–H and O–H groups in total. The Labute approximate surface area is 117 Å². The number of nitrogens with one attached hydrogen (secondary N) is 1. The zero-order chi connectivity index (χ0) is 13.4. The number of nitrogens with zero attached hydrogens (tertiary/aromatic N) is 2. The summed E-state index contributed by atoms with van der Waals surface area (Å²) in [5, 5.41) is 4.70. The van der Waals surface area contributed by atoms with Gasteiger partial charge in [-0.15, -0.1) is 0 Å². The first kappa shape index (κ1) is 15.8. The highest BCUT2D eigenvalue weighted by molar-refractivity contribution is 8.13. The predicted octanol–water partition coefficient (Wildman–Crippen LogP) is 2.83. The van der Waals surface area contributed by atoms with Crippen LogP contribution in [0.5, 0.6) is 0 Å². The van der Waals surface area contributed by atoms with E-state index in [0.29, 0.717) is 6.04 Å². The average Bonchev–Trinajstić information content (AvgIpc) is 2.37. The van der Waals surface area contributed by atoms with E-state index >= 15 is 0 Å². The van der Waals surface area contributed by atoms with Crippen molar-refractivity contribution < 1.29 is 0 Å². The van der Waals surface area contributed by atoms with Crippen molar-refractivity contribution >= 4 is 16.9 Å². The van der Waals surface area contributed by atoms with Gasteiger partial charge in [0.15, 0.2) is 5.17 Å². The van der Waals surface area contributed by atoms with Crippen molar-refractivity contribution in [1.29, 1.82) is 0 Å². The number of hydrogen-bond acceptors (Lipinski definition) is 4. The molecule has 0 fully saturated rings. The van der Waals surface area contributed by atoms with Crippen LogP contribution in [0.15, 0.2) is 4.99 Å². The Morgan fingerprint density at radius 3 is 2.72 bits per heavy atom.